The highest BCUT2D eigenvalue weighted by molar-refractivity contribution is 5.85. The minimum Gasteiger partial charge on any atom is -0.440 e. The summed E-state index contributed by atoms with van der Waals surface area (Å²) in [7, 11) is 0. The molecular weight excluding hydrogens is 421 g/mol. The molecule has 0 aliphatic rings. The van der Waals surface area contributed by atoms with E-state index < -0.39 is 0 Å². The van der Waals surface area contributed by atoms with E-state index in [1.54, 1.807) is 0 Å². The normalized spacial score (nSPS) is 10.1. The van der Waals surface area contributed by atoms with Crippen molar-refractivity contribution in [2.45, 2.75) is 32.7 Å². The van der Waals surface area contributed by atoms with E-state index in [2.05, 4.69) is 4.98 Å². The fourth-order valence-corrected chi connectivity index (χ4v) is 3.17. The standard InChI is InChI=1S/C23H27N3O2.2ClH/c1-18-23(20-11-6-3-7-12-20)28-21(25-18)13-14-22(27)26(16-8-15-24)17-19-9-4-2-5-10-19;;/h2-7,9-12H,8,13-17,24H2,1H3;2*1H. The second-order valence-corrected chi connectivity index (χ2v) is 6.83. The Morgan fingerprint density at radius 2 is 1.67 bits per heavy atom. The molecule has 0 radical (unpaired) electrons. The van der Waals surface area contributed by atoms with Gasteiger partial charge in [-0.15, -0.1) is 24.8 Å². The summed E-state index contributed by atoms with van der Waals surface area (Å²) in [5.41, 5.74) is 8.61. The Morgan fingerprint density at radius 3 is 2.30 bits per heavy atom. The molecule has 30 heavy (non-hydrogen) atoms. The molecule has 0 aliphatic heterocycles. The second-order valence-electron chi connectivity index (χ2n) is 6.83. The van der Waals surface area contributed by atoms with Crippen molar-refractivity contribution in [2.24, 2.45) is 5.73 Å². The van der Waals surface area contributed by atoms with Crippen LogP contribution in [0.25, 0.3) is 11.3 Å². The molecule has 3 rings (SSSR count). The second kappa shape index (κ2) is 13.1. The maximum absolute atomic E-state index is 12.8. The van der Waals surface area contributed by atoms with Crippen molar-refractivity contribution in [1.29, 1.82) is 0 Å². The molecule has 0 aliphatic carbocycles. The van der Waals surface area contributed by atoms with Gasteiger partial charge in [-0.25, -0.2) is 4.98 Å². The van der Waals surface area contributed by atoms with Crippen LogP contribution in [0.5, 0.6) is 0 Å². The molecule has 1 amide bonds. The van der Waals surface area contributed by atoms with Crippen molar-refractivity contribution in [3.05, 3.63) is 77.8 Å². The number of amides is 1. The third-order valence-electron chi connectivity index (χ3n) is 4.63. The van der Waals surface area contributed by atoms with Gasteiger partial charge in [0.25, 0.3) is 0 Å². The average Bonchev–Trinajstić information content (AvgIpc) is 3.11. The first kappa shape index (κ1) is 25.7. The van der Waals surface area contributed by atoms with Gasteiger partial charge >= 0.3 is 0 Å². The van der Waals surface area contributed by atoms with Gasteiger partial charge in [0.1, 0.15) is 0 Å². The number of hydrogen-bond acceptors (Lipinski definition) is 4. The van der Waals surface area contributed by atoms with E-state index in [1.165, 1.54) is 0 Å². The summed E-state index contributed by atoms with van der Waals surface area (Å²) in [6, 6.07) is 19.9. The maximum atomic E-state index is 12.8. The fourth-order valence-electron chi connectivity index (χ4n) is 3.17. The quantitative estimate of drug-likeness (QED) is 0.508. The number of oxazole rings is 1. The molecule has 0 saturated heterocycles. The van der Waals surface area contributed by atoms with Crippen molar-refractivity contribution in [3.8, 4) is 11.3 Å². The van der Waals surface area contributed by atoms with E-state index in [9.17, 15) is 4.79 Å². The summed E-state index contributed by atoms with van der Waals surface area (Å²) in [5, 5.41) is 0. The lowest BCUT2D eigenvalue weighted by atomic mass is 10.1. The van der Waals surface area contributed by atoms with Gasteiger partial charge < -0.3 is 15.1 Å². The Kier molecular flexibility index (Phi) is 11.2. The lowest BCUT2D eigenvalue weighted by Crippen LogP contribution is -2.32. The molecule has 2 N–H and O–H groups in total. The molecule has 3 aromatic rings. The van der Waals surface area contributed by atoms with Crippen LogP contribution < -0.4 is 5.73 Å². The molecule has 2 aromatic carbocycles. The van der Waals surface area contributed by atoms with Gasteiger partial charge in [-0.05, 0) is 25.5 Å². The number of aryl methyl sites for hydroxylation is 2. The zero-order valence-electron chi connectivity index (χ0n) is 17.1. The summed E-state index contributed by atoms with van der Waals surface area (Å²) in [6.45, 7) is 3.75. The van der Waals surface area contributed by atoms with Crippen molar-refractivity contribution < 1.29 is 9.21 Å². The van der Waals surface area contributed by atoms with Gasteiger partial charge in [-0.3, -0.25) is 4.79 Å². The summed E-state index contributed by atoms with van der Waals surface area (Å²) in [5.74, 6) is 1.46. The number of aromatic nitrogens is 1. The van der Waals surface area contributed by atoms with E-state index >= 15 is 0 Å². The molecule has 5 nitrogen and oxygen atoms in total. The summed E-state index contributed by atoms with van der Waals surface area (Å²) < 4.78 is 5.93. The molecule has 1 heterocycles. The van der Waals surface area contributed by atoms with E-state index in [-0.39, 0.29) is 30.7 Å². The molecule has 0 atom stereocenters. The molecule has 7 heteroatoms. The molecule has 1 aromatic heterocycles. The van der Waals surface area contributed by atoms with Crippen molar-refractivity contribution >= 4 is 30.7 Å². The van der Waals surface area contributed by atoms with Gasteiger partial charge in [-0.1, -0.05) is 60.7 Å². The first-order valence-electron chi connectivity index (χ1n) is 9.71. The minimum atomic E-state index is 0. The summed E-state index contributed by atoms with van der Waals surface area (Å²) in [6.07, 6.45) is 1.64. The van der Waals surface area contributed by atoms with Crippen LogP contribution in [0, 0.1) is 6.92 Å². The number of halogens is 2. The van der Waals surface area contributed by atoms with E-state index in [1.807, 2.05) is 72.5 Å². The van der Waals surface area contributed by atoms with Crippen LogP contribution in [-0.2, 0) is 17.8 Å². The fraction of sp³-hybridized carbons (Fsp3) is 0.304. The minimum absolute atomic E-state index is 0. The smallest absolute Gasteiger partial charge is 0.223 e. The molecule has 0 fully saturated rings. The van der Waals surface area contributed by atoms with Crippen LogP contribution in [0.15, 0.2) is 65.1 Å². The molecular formula is C23H29Cl2N3O2. The zero-order valence-corrected chi connectivity index (χ0v) is 18.8. The molecule has 162 valence electrons. The first-order chi connectivity index (χ1) is 13.7. The van der Waals surface area contributed by atoms with Gasteiger partial charge in [0.15, 0.2) is 11.7 Å². The highest BCUT2D eigenvalue weighted by Crippen LogP contribution is 2.24. The van der Waals surface area contributed by atoms with E-state index in [0.29, 0.717) is 38.4 Å². The van der Waals surface area contributed by atoms with Crippen LogP contribution in [-0.4, -0.2) is 28.9 Å². The van der Waals surface area contributed by atoms with Crippen molar-refractivity contribution in [1.82, 2.24) is 9.88 Å². The molecule has 0 bridgehead atoms. The van der Waals surface area contributed by atoms with Crippen LogP contribution in [0.1, 0.15) is 30.0 Å². The Morgan fingerprint density at radius 1 is 1.03 bits per heavy atom. The Balaban J connectivity index is 0.00000225. The van der Waals surface area contributed by atoms with Gasteiger partial charge in [-0.2, -0.15) is 0 Å². The van der Waals surface area contributed by atoms with Crippen LogP contribution >= 0.6 is 24.8 Å². The topological polar surface area (TPSA) is 72.4 Å². The predicted molar refractivity (Wildman–Crippen MR) is 125 cm³/mol. The van der Waals surface area contributed by atoms with Crippen molar-refractivity contribution in [2.75, 3.05) is 13.1 Å². The Labute approximate surface area is 190 Å². The first-order valence-corrected chi connectivity index (χ1v) is 9.71. The number of carbonyl (C=O) groups is 1. The van der Waals surface area contributed by atoms with E-state index in [4.69, 9.17) is 10.2 Å². The number of nitrogens with zero attached hydrogens (tertiary/aromatic N) is 2. The number of rotatable bonds is 9. The van der Waals surface area contributed by atoms with Crippen LogP contribution in [0.4, 0.5) is 0 Å². The van der Waals surface area contributed by atoms with Gasteiger partial charge in [0, 0.05) is 31.5 Å². The molecule has 0 saturated carbocycles. The van der Waals surface area contributed by atoms with E-state index in [0.717, 1.165) is 29.0 Å². The summed E-state index contributed by atoms with van der Waals surface area (Å²) >= 11 is 0. The lowest BCUT2D eigenvalue weighted by Gasteiger charge is -2.22. The summed E-state index contributed by atoms with van der Waals surface area (Å²) in [4.78, 5) is 19.2. The highest BCUT2D eigenvalue weighted by atomic mass is 35.5. The predicted octanol–water partition coefficient (Wildman–Crippen LogP) is 4.80. The van der Waals surface area contributed by atoms with Crippen LogP contribution in [0.3, 0.4) is 0 Å². The SMILES string of the molecule is Cc1nc(CCC(=O)N(CCCN)Cc2ccccc2)oc1-c1ccccc1.Cl.Cl. The number of benzene rings is 2. The monoisotopic (exact) mass is 449 g/mol. The highest BCUT2D eigenvalue weighted by Gasteiger charge is 2.17. The lowest BCUT2D eigenvalue weighted by molar-refractivity contribution is -0.131. The molecule has 0 unspecified atom stereocenters. The zero-order chi connectivity index (χ0) is 19.8. The number of hydrogen-bond donors (Lipinski definition) is 1. The number of carbonyl (C=O) groups excluding carboxylic acids is 1. The third-order valence-corrected chi connectivity index (χ3v) is 4.63. The van der Waals surface area contributed by atoms with Crippen LogP contribution in [0.2, 0.25) is 0 Å². The molecule has 0 spiro atoms. The van der Waals surface area contributed by atoms with Gasteiger partial charge in [0.05, 0.1) is 5.69 Å². The third kappa shape index (κ3) is 7.17. The largest absolute Gasteiger partial charge is 0.440 e. The average molecular weight is 450 g/mol. The maximum Gasteiger partial charge on any atom is 0.223 e. The van der Waals surface area contributed by atoms with Gasteiger partial charge in [0.2, 0.25) is 5.91 Å². The Bertz CT molecular complexity index is 886. The number of nitrogens with two attached hydrogens (primary N) is 1. The Hall–Kier alpha value is -2.34. The van der Waals surface area contributed by atoms with Crippen molar-refractivity contribution in [3.63, 3.8) is 0 Å².